The molecule has 0 aromatic carbocycles. The highest BCUT2D eigenvalue weighted by Crippen LogP contribution is 2.28. The summed E-state index contributed by atoms with van der Waals surface area (Å²) < 4.78 is 40.9. The summed E-state index contributed by atoms with van der Waals surface area (Å²) in [5.74, 6) is 0. The molecule has 1 atom stereocenters. The van der Waals surface area contributed by atoms with Crippen LogP contribution in [0.25, 0.3) is 0 Å². The van der Waals surface area contributed by atoms with Gasteiger partial charge in [-0.15, -0.1) is 0 Å². The van der Waals surface area contributed by atoms with Gasteiger partial charge in [0.05, 0.1) is 0 Å². The molecular formula is C8H8F3NO2. The third kappa shape index (κ3) is 2.43. The van der Waals surface area contributed by atoms with E-state index < -0.39 is 18.2 Å². The van der Waals surface area contributed by atoms with Crippen LogP contribution in [-0.2, 0) is 10.9 Å². The summed E-state index contributed by atoms with van der Waals surface area (Å²) in [5, 5.41) is 9.10. The van der Waals surface area contributed by atoms with E-state index in [0.717, 1.165) is 12.3 Å². The lowest BCUT2D eigenvalue weighted by molar-refractivity contribution is -0.141. The van der Waals surface area contributed by atoms with E-state index in [1.54, 1.807) is 0 Å². The number of ether oxygens (including phenoxy) is 1. The fourth-order valence-electron chi connectivity index (χ4n) is 0.892. The molecule has 0 bridgehead atoms. The molecule has 1 rings (SSSR count). The van der Waals surface area contributed by atoms with Crippen molar-refractivity contribution in [3.05, 3.63) is 29.6 Å². The molecular weight excluding hydrogens is 199 g/mol. The lowest BCUT2D eigenvalue weighted by Gasteiger charge is -2.10. The van der Waals surface area contributed by atoms with Crippen molar-refractivity contribution < 1.29 is 23.0 Å². The van der Waals surface area contributed by atoms with Gasteiger partial charge in [0.15, 0.2) is 6.29 Å². The van der Waals surface area contributed by atoms with E-state index in [4.69, 9.17) is 5.11 Å². The Bertz CT molecular complexity index is 314. The Morgan fingerprint density at radius 2 is 2.14 bits per heavy atom. The van der Waals surface area contributed by atoms with E-state index in [-0.39, 0.29) is 5.56 Å². The zero-order valence-corrected chi connectivity index (χ0v) is 7.25. The minimum atomic E-state index is -4.51. The highest BCUT2D eigenvalue weighted by Gasteiger charge is 2.32. The smallest absolute Gasteiger partial charge is 0.364 e. The Morgan fingerprint density at radius 1 is 1.50 bits per heavy atom. The lowest BCUT2D eigenvalue weighted by atomic mass is 10.2. The van der Waals surface area contributed by atoms with Crippen molar-refractivity contribution >= 4 is 0 Å². The van der Waals surface area contributed by atoms with Gasteiger partial charge in [0.1, 0.15) is 5.69 Å². The molecule has 78 valence electrons. The van der Waals surface area contributed by atoms with Gasteiger partial charge in [-0.05, 0) is 12.1 Å². The number of aliphatic hydroxyl groups is 1. The van der Waals surface area contributed by atoms with Crippen molar-refractivity contribution in [2.24, 2.45) is 0 Å². The summed E-state index contributed by atoms with van der Waals surface area (Å²) in [7, 11) is 1.19. The van der Waals surface area contributed by atoms with Crippen LogP contribution in [0, 0.1) is 0 Å². The maximum Gasteiger partial charge on any atom is 0.433 e. The number of pyridine rings is 1. The molecule has 0 aliphatic rings. The Morgan fingerprint density at radius 3 is 2.64 bits per heavy atom. The van der Waals surface area contributed by atoms with Gasteiger partial charge in [0, 0.05) is 18.9 Å². The van der Waals surface area contributed by atoms with Crippen LogP contribution in [0.4, 0.5) is 13.2 Å². The standard InChI is InChI=1S/C8H8F3NO2/c1-14-7(13)5-2-3-12-6(4-5)8(9,10)11/h2-4,7,13H,1H3. The van der Waals surface area contributed by atoms with E-state index in [9.17, 15) is 13.2 Å². The fourth-order valence-corrected chi connectivity index (χ4v) is 0.892. The Hall–Kier alpha value is -1.14. The summed E-state index contributed by atoms with van der Waals surface area (Å²) in [6.07, 6.45) is -4.90. The fraction of sp³-hybridized carbons (Fsp3) is 0.375. The molecule has 14 heavy (non-hydrogen) atoms. The second-order valence-corrected chi connectivity index (χ2v) is 2.56. The Balaban J connectivity index is 3.01. The molecule has 0 saturated heterocycles. The maximum absolute atomic E-state index is 12.2. The molecule has 0 aliphatic heterocycles. The van der Waals surface area contributed by atoms with Gasteiger partial charge in [0.25, 0.3) is 0 Å². The molecule has 0 spiro atoms. The molecule has 3 nitrogen and oxygen atoms in total. The van der Waals surface area contributed by atoms with Gasteiger partial charge in [0.2, 0.25) is 0 Å². The second kappa shape index (κ2) is 3.93. The first kappa shape index (κ1) is 10.9. The summed E-state index contributed by atoms with van der Waals surface area (Å²) in [5.41, 5.74) is -1.03. The maximum atomic E-state index is 12.2. The van der Waals surface area contributed by atoms with Gasteiger partial charge >= 0.3 is 6.18 Å². The van der Waals surface area contributed by atoms with Crippen LogP contribution in [-0.4, -0.2) is 17.2 Å². The third-order valence-corrected chi connectivity index (χ3v) is 1.58. The van der Waals surface area contributed by atoms with Crippen molar-refractivity contribution in [3.8, 4) is 0 Å². The number of halogens is 3. The first-order chi connectivity index (χ1) is 6.45. The Labute approximate surface area is 78.2 Å². The Kier molecular flexibility index (Phi) is 3.07. The molecule has 1 aromatic rings. The van der Waals surface area contributed by atoms with Crippen LogP contribution in [0.3, 0.4) is 0 Å². The predicted octanol–water partition coefficient (Wildman–Crippen LogP) is 1.74. The van der Waals surface area contributed by atoms with E-state index in [0.29, 0.717) is 0 Å². The molecule has 0 radical (unpaired) electrons. The van der Waals surface area contributed by atoms with Crippen LogP contribution in [0.5, 0.6) is 0 Å². The minimum absolute atomic E-state index is 0.0230. The van der Waals surface area contributed by atoms with Crippen molar-refractivity contribution in [1.82, 2.24) is 4.98 Å². The molecule has 0 aliphatic carbocycles. The normalized spacial score (nSPS) is 14.1. The third-order valence-electron chi connectivity index (χ3n) is 1.58. The summed E-state index contributed by atoms with van der Waals surface area (Å²) in [6, 6.07) is 2.00. The summed E-state index contributed by atoms with van der Waals surface area (Å²) >= 11 is 0. The number of methoxy groups -OCH3 is 1. The second-order valence-electron chi connectivity index (χ2n) is 2.56. The molecule has 1 aromatic heterocycles. The number of aromatic nitrogens is 1. The molecule has 1 heterocycles. The molecule has 0 fully saturated rings. The van der Waals surface area contributed by atoms with Crippen LogP contribution in [0.1, 0.15) is 17.5 Å². The van der Waals surface area contributed by atoms with Crippen molar-refractivity contribution in [1.29, 1.82) is 0 Å². The number of aliphatic hydroxyl groups excluding tert-OH is 1. The lowest BCUT2D eigenvalue weighted by Crippen LogP contribution is -2.09. The first-order valence-electron chi connectivity index (χ1n) is 3.69. The first-order valence-corrected chi connectivity index (χ1v) is 3.69. The zero-order chi connectivity index (χ0) is 10.8. The van der Waals surface area contributed by atoms with Crippen molar-refractivity contribution in [3.63, 3.8) is 0 Å². The topological polar surface area (TPSA) is 42.4 Å². The van der Waals surface area contributed by atoms with Crippen molar-refractivity contribution in [2.45, 2.75) is 12.5 Å². The number of alkyl halides is 3. The van der Waals surface area contributed by atoms with Gasteiger partial charge in [-0.1, -0.05) is 0 Å². The van der Waals surface area contributed by atoms with Gasteiger partial charge in [-0.2, -0.15) is 13.2 Å². The van der Waals surface area contributed by atoms with Crippen molar-refractivity contribution in [2.75, 3.05) is 7.11 Å². The van der Waals surface area contributed by atoms with Crippen LogP contribution >= 0.6 is 0 Å². The molecule has 1 N–H and O–H groups in total. The molecule has 0 saturated carbocycles. The van der Waals surface area contributed by atoms with E-state index >= 15 is 0 Å². The number of hydrogen-bond donors (Lipinski definition) is 1. The summed E-state index contributed by atoms with van der Waals surface area (Å²) in [6.45, 7) is 0. The van der Waals surface area contributed by atoms with Gasteiger partial charge in [-0.3, -0.25) is 4.98 Å². The van der Waals surface area contributed by atoms with E-state index in [1.807, 2.05) is 0 Å². The van der Waals surface area contributed by atoms with Gasteiger partial charge < -0.3 is 9.84 Å². The molecule has 1 unspecified atom stereocenters. The quantitative estimate of drug-likeness (QED) is 0.751. The van der Waals surface area contributed by atoms with Crippen LogP contribution in [0.15, 0.2) is 18.3 Å². The minimum Gasteiger partial charge on any atom is -0.364 e. The number of hydrogen-bond acceptors (Lipinski definition) is 3. The molecule has 6 heteroatoms. The SMILES string of the molecule is COC(O)c1ccnc(C(F)(F)F)c1. The monoisotopic (exact) mass is 207 g/mol. The summed E-state index contributed by atoms with van der Waals surface area (Å²) in [4.78, 5) is 3.14. The predicted molar refractivity (Wildman–Crippen MR) is 41.2 cm³/mol. The highest BCUT2D eigenvalue weighted by atomic mass is 19.4. The number of rotatable bonds is 2. The average Bonchev–Trinajstić information content (AvgIpc) is 2.15. The van der Waals surface area contributed by atoms with E-state index in [2.05, 4.69) is 9.72 Å². The largest absolute Gasteiger partial charge is 0.433 e. The van der Waals surface area contributed by atoms with E-state index in [1.165, 1.54) is 13.2 Å². The average molecular weight is 207 g/mol. The molecule has 0 amide bonds. The van der Waals surface area contributed by atoms with Gasteiger partial charge in [-0.25, -0.2) is 0 Å². The van der Waals surface area contributed by atoms with Crippen LogP contribution < -0.4 is 0 Å². The zero-order valence-electron chi connectivity index (χ0n) is 7.25. The van der Waals surface area contributed by atoms with Crippen LogP contribution in [0.2, 0.25) is 0 Å². The highest BCUT2D eigenvalue weighted by molar-refractivity contribution is 5.19. The number of nitrogens with zero attached hydrogens (tertiary/aromatic N) is 1.